The second-order valence-corrected chi connectivity index (χ2v) is 7.42. The molecule has 4 bridgehead atoms. The van der Waals surface area contributed by atoms with Crippen molar-refractivity contribution in [1.29, 1.82) is 0 Å². The Morgan fingerprint density at radius 1 is 1.05 bits per heavy atom. The Balaban J connectivity index is 1.43. The molecule has 4 aliphatic carbocycles. The molecule has 4 saturated carbocycles. The molecule has 0 saturated heterocycles. The van der Waals surface area contributed by atoms with Crippen molar-refractivity contribution in [3.63, 3.8) is 0 Å². The second kappa shape index (κ2) is 4.68. The molecule has 4 aliphatic rings. The molecule has 0 spiro atoms. The number of aryl methyl sites for hydroxylation is 1. The van der Waals surface area contributed by atoms with E-state index in [0.717, 1.165) is 53.2 Å². The van der Waals surface area contributed by atoms with Crippen LogP contribution in [0.1, 0.15) is 37.7 Å². The summed E-state index contributed by atoms with van der Waals surface area (Å²) in [4.78, 5) is 0. The third-order valence-corrected chi connectivity index (χ3v) is 6.11. The van der Waals surface area contributed by atoms with Gasteiger partial charge in [0.25, 0.3) is 0 Å². The van der Waals surface area contributed by atoms with Crippen LogP contribution in [0.2, 0.25) is 0 Å². The zero-order valence-electron chi connectivity index (χ0n) is 12.3. The van der Waals surface area contributed by atoms with Gasteiger partial charge in [-0.2, -0.15) is 0 Å². The quantitative estimate of drug-likeness (QED) is 0.842. The summed E-state index contributed by atoms with van der Waals surface area (Å²) < 4.78 is 6.11. The number of nitrogens with two attached hydrogens (primary N) is 1. The van der Waals surface area contributed by atoms with Gasteiger partial charge in [0.2, 0.25) is 0 Å². The van der Waals surface area contributed by atoms with Gasteiger partial charge in [0.05, 0.1) is 6.61 Å². The summed E-state index contributed by atoms with van der Waals surface area (Å²) in [6.07, 6.45) is 7.42. The number of hydrogen-bond donors (Lipinski definition) is 1. The largest absolute Gasteiger partial charge is 0.493 e. The van der Waals surface area contributed by atoms with Crippen molar-refractivity contribution in [1.82, 2.24) is 0 Å². The Morgan fingerprint density at radius 2 is 1.70 bits per heavy atom. The summed E-state index contributed by atoms with van der Waals surface area (Å²) in [5, 5.41) is 0. The van der Waals surface area contributed by atoms with Crippen LogP contribution < -0.4 is 10.5 Å². The molecule has 0 amide bonds. The van der Waals surface area contributed by atoms with Crippen molar-refractivity contribution < 1.29 is 4.74 Å². The van der Waals surface area contributed by atoms with Gasteiger partial charge in [-0.25, -0.2) is 0 Å². The van der Waals surface area contributed by atoms with Crippen molar-refractivity contribution in [3.8, 4) is 5.75 Å². The molecule has 0 radical (unpaired) electrons. The molecule has 0 unspecified atom stereocenters. The van der Waals surface area contributed by atoms with E-state index < -0.39 is 0 Å². The van der Waals surface area contributed by atoms with E-state index in [9.17, 15) is 0 Å². The maximum absolute atomic E-state index is 6.11. The van der Waals surface area contributed by atoms with Crippen LogP contribution in [-0.4, -0.2) is 6.61 Å². The third-order valence-electron chi connectivity index (χ3n) is 6.11. The van der Waals surface area contributed by atoms with Crippen LogP contribution in [0.5, 0.6) is 5.75 Å². The van der Waals surface area contributed by atoms with Crippen molar-refractivity contribution in [2.75, 3.05) is 12.3 Å². The van der Waals surface area contributed by atoms with Gasteiger partial charge in [0.1, 0.15) is 5.75 Å². The van der Waals surface area contributed by atoms with Crippen LogP contribution in [0, 0.1) is 36.5 Å². The first-order chi connectivity index (χ1) is 9.69. The molecule has 20 heavy (non-hydrogen) atoms. The van der Waals surface area contributed by atoms with E-state index in [1.165, 1.54) is 32.1 Å². The lowest BCUT2D eigenvalue weighted by Crippen LogP contribution is -2.47. The van der Waals surface area contributed by atoms with Gasteiger partial charge in [-0.1, -0.05) is 0 Å². The van der Waals surface area contributed by atoms with Crippen LogP contribution in [-0.2, 0) is 0 Å². The number of ether oxygens (including phenoxy) is 1. The third kappa shape index (κ3) is 2.10. The Morgan fingerprint density at radius 3 is 2.30 bits per heavy atom. The minimum absolute atomic E-state index is 0.806. The van der Waals surface area contributed by atoms with Gasteiger partial charge < -0.3 is 10.5 Å². The summed E-state index contributed by atoms with van der Waals surface area (Å²) in [7, 11) is 0. The van der Waals surface area contributed by atoms with E-state index in [4.69, 9.17) is 10.5 Å². The van der Waals surface area contributed by atoms with E-state index in [-0.39, 0.29) is 0 Å². The lowest BCUT2D eigenvalue weighted by Gasteiger charge is -2.54. The van der Waals surface area contributed by atoms with Crippen LogP contribution in [0.4, 0.5) is 5.69 Å². The highest BCUT2D eigenvalue weighted by atomic mass is 16.5. The van der Waals surface area contributed by atoms with E-state index in [2.05, 4.69) is 6.07 Å². The molecule has 4 fully saturated rings. The maximum atomic E-state index is 6.11. The molecule has 5 rings (SSSR count). The minimum atomic E-state index is 0.806. The molecule has 2 heteroatoms. The SMILES string of the molecule is Cc1cc(OCC2C3CC4CC(C3)CC2C4)ccc1N. The molecule has 108 valence electrons. The second-order valence-electron chi connectivity index (χ2n) is 7.42. The smallest absolute Gasteiger partial charge is 0.119 e. The highest BCUT2D eigenvalue weighted by molar-refractivity contribution is 5.49. The highest BCUT2D eigenvalue weighted by Crippen LogP contribution is 2.56. The van der Waals surface area contributed by atoms with Crippen LogP contribution >= 0.6 is 0 Å². The highest BCUT2D eigenvalue weighted by Gasteiger charge is 2.48. The number of anilines is 1. The molecule has 1 aromatic rings. The minimum Gasteiger partial charge on any atom is -0.493 e. The monoisotopic (exact) mass is 271 g/mol. The Hall–Kier alpha value is -1.18. The molecule has 0 heterocycles. The van der Waals surface area contributed by atoms with Crippen molar-refractivity contribution in [2.24, 2.45) is 29.6 Å². The summed E-state index contributed by atoms with van der Waals surface area (Å²) >= 11 is 0. The predicted molar refractivity (Wildman–Crippen MR) is 81.6 cm³/mol. The average Bonchev–Trinajstić information content (AvgIpc) is 2.41. The maximum Gasteiger partial charge on any atom is 0.119 e. The van der Waals surface area contributed by atoms with Gasteiger partial charge in [0.15, 0.2) is 0 Å². The predicted octanol–water partition coefficient (Wildman–Crippen LogP) is 4.03. The van der Waals surface area contributed by atoms with Gasteiger partial charge in [-0.05, 0) is 92.4 Å². The van der Waals surface area contributed by atoms with Gasteiger partial charge in [-0.15, -0.1) is 0 Å². The van der Waals surface area contributed by atoms with E-state index in [1.807, 2.05) is 19.1 Å². The lowest BCUT2D eigenvalue weighted by atomic mass is 9.52. The average molecular weight is 271 g/mol. The van der Waals surface area contributed by atoms with Crippen molar-refractivity contribution in [2.45, 2.75) is 39.0 Å². The fraction of sp³-hybridized carbons (Fsp3) is 0.667. The van der Waals surface area contributed by atoms with Crippen LogP contribution in [0.15, 0.2) is 18.2 Å². The van der Waals surface area contributed by atoms with Crippen molar-refractivity contribution >= 4 is 5.69 Å². The molecular formula is C18H25NO. The molecule has 2 N–H and O–H groups in total. The Kier molecular flexibility index (Phi) is 2.94. The van der Waals surface area contributed by atoms with Crippen molar-refractivity contribution in [3.05, 3.63) is 23.8 Å². The molecule has 2 nitrogen and oxygen atoms in total. The lowest BCUT2D eigenvalue weighted by molar-refractivity contribution is -0.0529. The van der Waals surface area contributed by atoms with Gasteiger partial charge in [0, 0.05) is 5.69 Å². The molecular weight excluding hydrogens is 246 g/mol. The normalized spacial score (nSPS) is 38.1. The first-order valence-electron chi connectivity index (χ1n) is 8.18. The molecule has 0 atom stereocenters. The van der Waals surface area contributed by atoms with E-state index in [1.54, 1.807) is 0 Å². The summed E-state index contributed by atoms with van der Waals surface area (Å²) in [6.45, 7) is 2.96. The zero-order chi connectivity index (χ0) is 13.7. The fourth-order valence-electron chi connectivity index (χ4n) is 5.24. The fourth-order valence-corrected chi connectivity index (χ4v) is 5.24. The molecule has 0 aromatic heterocycles. The Bertz CT molecular complexity index is 482. The standard InChI is InChI=1S/C18H25NO/c1-11-4-16(2-3-18(11)19)20-10-17-14-6-12-5-13(8-14)9-15(17)7-12/h2-4,12-15,17H,5-10,19H2,1H3. The molecule has 0 aliphatic heterocycles. The number of hydrogen-bond acceptors (Lipinski definition) is 2. The number of rotatable bonds is 3. The first kappa shape index (κ1) is 12.6. The van der Waals surface area contributed by atoms with Gasteiger partial charge in [-0.3, -0.25) is 0 Å². The number of benzene rings is 1. The first-order valence-corrected chi connectivity index (χ1v) is 8.18. The van der Waals surface area contributed by atoms with Crippen LogP contribution in [0.25, 0.3) is 0 Å². The Labute approximate surface area is 121 Å². The summed E-state index contributed by atoms with van der Waals surface area (Å²) in [5.74, 6) is 5.79. The number of nitrogen functional groups attached to an aromatic ring is 1. The topological polar surface area (TPSA) is 35.2 Å². The zero-order valence-corrected chi connectivity index (χ0v) is 12.3. The summed E-state index contributed by atoms with van der Waals surface area (Å²) in [6, 6.07) is 6.05. The van der Waals surface area contributed by atoms with Gasteiger partial charge >= 0.3 is 0 Å². The van der Waals surface area contributed by atoms with Crippen LogP contribution in [0.3, 0.4) is 0 Å². The van der Waals surface area contributed by atoms with E-state index in [0.29, 0.717) is 0 Å². The summed E-state index contributed by atoms with van der Waals surface area (Å²) in [5.41, 5.74) is 7.84. The molecule has 1 aromatic carbocycles. The van der Waals surface area contributed by atoms with E-state index >= 15 is 0 Å².